The zero-order chi connectivity index (χ0) is 8.99. The highest BCUT2D eigenvalue weighted by molar-refractivity contribution is 7.30. The molecule has 0 atom stereocenters. The Labute approximate surface area is 58.9 Å². The normalized spacial score (nSPS) is 5.00. The summed E-state index contributed by atoms with van der Waals surface area (Å²) in [6.07, 6.45) is 0.389. The van der Waals surface area contributed by atoms with Crippen molar-refractivity contribution in [2.24, 2.45) is 0 Å². The summed E-state index contributed by atoms with van der Waals surface area (Å²) in [5, 5.41) is 0. The predicted octanol–water partition coefficient (Wildman–Crippen LogP) is -0.185. The average molecular weight is 167 g/mol. The number of aldehydes is 2. The van der Waals surface area contributed by atoms with Crippen LogP contribution in [0, 0.1) is 0 Å². The maximum atomic E-state index is 8.81. The molecule has 0 heterocycles. The molecule has 0 aromatic heterocycles. The van der Waals surface area contributed by atoms with Crippen molar-refractivity contribution in [3.63, 3.8) is 0 Å². The number of rotatable bonds is 1. The third kappa shape index (κ3) is 26400. The van der Waals surface area contributed by atoms with E-state index in [2.05, 4.69) is 13.2 Å². The fourth-order valence-electron chi connectivity index (χ4n) is 0. The van der Waals surface area contributed by atoms with Crippen molar-refractivity contribution in [1.29, 1.82) is 0 Å². The maximum Gasteiger partial charge on any atom is 0.692 e. The smallest absolute Gasteiger partial charge is 0.295 e. The van der Waals surface area contributed by atoms with Gasteiger partial charge in [0, 0.05) is 4.57 Å². The molecule has 5 nitrogen and oxygen atoms in total. The van der Waals surface area contributed by atoms with Crippen molar-refractivity contribution in [3.05, 3.63) is 13.2 Å². The van der Waals surface area contributed by atoms with Crippen molar-refractivity contribution in [1.82, 2.24) is 0 Å². The second kappa shape index (κ2) is 24.3. The van der Waals surface area contributed by atoms with Crippen molar-refractivity contribution in [2.75, 3.05) is 0 Å². The summed E-state index contributed by atoms with van der Waals surface area (Å²) in [7, 11) is -2.87. The van der Waals surface area contributed by atoms with Gasteiger partial charge < -0.3 is 0 Å². The summed E-state index contributed by atoms with van der Waals surface area (Å²) in [5.74, 6) is 0. The predicted molar refractivity (Wildman–Crippen MR) is 35.4 cm³/mol. The van der Waals surface area contributed by atoms with Crippen molar-refractivity contribution in [2.45, 2.75) is 0 Å². The van der Waals surface area contributed by atoms with E-state index < -0.39 is 8.25 Å². The molecule has 0 spiro atoms. The van der Waals surface area contributed by atoms with Gasteiger partial charge in [0.15, 0.2) is 12.6 Å². The van der Waals surface area contributed by atoms with E-state index in [1.54, 1.807) is 0 Å². The first kappa shape index (κ1) is 16.0. The van der Waals surface area contributed by atoms with E-state index in [4.69, 9.17) is 23.9 Å². The fourth-order valence-corrected chi connectivity index (χ4v) is 0. The molecule has 0 aliphatic rings. The lowest BCUT2D eigenvalue weighted by atomic mass is 10.9. The Morgan fingerprint density at radius 2 is 1.20 bits per heavy atom. The molecule has 0 fully saturated rings. The van der Waals surface area contributed by atoms with Gasteiger partial charge in [0.25, 0.3) is 0 Å². The average Bonchev–Trinajstić information content (AvgIpc) is 1.91. The molecule has 0 radical (unpaired) electrons. The zero-order valence-electron chi connectivity index (χ0n) is 5.14. The molecule has 0 aromatic carbocycles. The van der Waals surface area contributed by atoms with Crippen LogP contribution in [0.2, 0.25) is 0 Å². The van der Waals surface area contributed by atoms with E-state index in [-0.39, 0.29) is 12.6 Å². The molecule has 0 aliphatic carbocycles. The van der Waals surface area contributed by atoms with Gasteiger partial charge >= 0.3 is 8.25 Å². The van der Waals surface area contributed by atoms with Crippen molar-refractivity contribution >= 4 is 20.8 Å². The Morgan fingerprint density at radius 3 is 1.20 bits per heavy atom. The standard InChI is InChI=1S/C2H2O2.C2H4.HO3P/c3-1-2-4;1-2;1-4(2)3/h1-2H;1-2H2;(H-,1,2,3)/p+1. The van der Waals surface area contributed by atoms with E-state index in [0.29, 0.717) is 0 Å². The monoisotopic (exact) mass is 167 g/mol. The van der Waals surface area contributed by atoms with Crippen molar-refractivity contribution < 1.29 is 23.9 Å². The molecule has 0 unspecified atom stereocenters. The zero-order valence-corrected chi connectivity index (χ0v) is 6.03. The third-order valence-corrected chi connectivity index (χ3v) is 0.0556. The maximum absolute atomic E-state index is 8.81. The Hall–Kier alpha value is -0.900. The SMILES string of the molecule is C=C.O=CC=O.O=[P+](O)O. The summed E-state index contributed by atoms with van der Waals surface area (Å²) in [6, 6.07) is 0. The highest BCUT2D eigenvalue weighted by atomic mass is 31.1. The van der Waals surface area contributed by atoms with Crippen molar-refractivity contribution in [3.8, 4) is 0 Å². The number of carbonyl (C=O) groups is 2. The van der Waals surface area contributed by atoms with E-state index >= 15 is 0 Å². The molecule has 0 aromatic rings. The highest BCUT2D eigenvalue weighted by Crippen LogP contribution is 1.98. The van der Waals surface area contributed by atoms with Gasteiger partial charge in [-0.15, -0.1) is 22.9 Å². The molecule has 58 valence electrons. The van der Waals surface area contributed by atoms with Crippen LogP contribution in [0.3, 0.4) is 0 Å². The van der Waals surface area contributed by atoms with Gasteiger partial charge in [0.05, 0.1) is 0 Å². The Kier molecular flexibility index (Phi) is 39.0. The lowest BCUT2D eigenvalue weighted by molar-refractivity contribution is -0.122. The molecule has 0 amide bonds. The van der Waals surface area contributed by atoms with Gasteiger partial charge in [-0.2, -0.15) is 0 Å². The van der Waals surface area contributed by atoms with Gasteiger partial charge in [-0.05, 0) is 0 Å². The Balaban J connectivity index is -0.0000000787. The topological polar surface area (TPSA) is 91.7 Å². The van der Waals surface area contributed by atoms with Crippen LogP contribution in [0.4, 0.5) is 0 Å². The first-order valence-corrected chi connectivity index (χ1v) is 3.05. The summed E-state index contributed by atoms with van der Waals surface area (Å²) >= 11 is 0. The van der Waals surface area contributed by atoms with Crippen LogP contribution in [0.15, 0.2) is 13.2 Å². The fraction of sp³-hybridized carbons (Fsp3) is 0. The van der Waals surface area contributed by atoms with Gasteiger partial charge in [-0.1, -0.05) is 0 Å². The minimum atomic E-state index is -2.87. The second-order valence-corrected chi connectivity index (χ2v) is 1.03. The molecular formula is C4H8O5P+. The van der Waals surface area contributed by atoms with Crippen LogP contribution in [0.25, 0.3) is 0 Å². The molecular weight excluding hydrogens is 159 g/mol. The lowest BCUT2D eigenvalue weighted by Crippen LogP contribution is -1.62. The molecule has 0 bridgehead atoms. The quantitative estimate of drug-likeness (QED) is 0.244. The molecule has 0 saturated carbocycles. The van der Waals surface area contributed by atoms with Crippen LogP contribution in [-0.2, 0) is 14.2 Å². The van der Waals surface area contributed by atoms with E-state index in [1.807, 2.05) is 0 Å². The second-order valence-electron chi connectivity index (χ2n) is 0.525. The molecule has 0 rings (SSSR count). The van der Waals surface area contributed by atoms with Gasteiger partial charge in [0.2, 0.25) is 0 Å². The van der Waals surface area contributed by atoms with Gasteiger partial charge in [0.1, 0.15) is 0 Å². The summed E-state index contributed by atoms with van der Waals surface area (Å²) in [4.78, 5) is 31.9. The molecule has 6 heteroatoms. The molecule has 0 saturated heterocycles. The van der Waals surface area contributed by atoms with Crippen LogP contribution in [0.5, 0.6) is 0 Å². The van der Waals surface area contributed by atoms with Crippen LogP contribution in [-0.4, -0.2) is 22.4 Å². The highest BCUT2D eigenvalue weighted by Gasteiger charge is 1.93. The van der Waals surface area contributed by atoms with Crippen LogP contribution in [0.1, 0.15) is 0 Å². The Bertz CT molecular complexity index is 91.8. The lowest BCUT2D eigenvalue weighted by Gasteiger charge is -1.34. The first-order chi connectivity index (χ1) is 4.65. The minimum Gasteiger partial charge on any atom is -0.295 e. The number of hydrogen-bond acceptors (Lipinski definition) is 3. The largest absolute Gasteiger partial charge is 0.692 e. The van der Waals surface area contributed by atoms with Gasteiger partial charge in [-0.3, -0.25) is 9.59 Å². The summed E-state index contributed by atoms with van der Waals surface area (Å²) in [5.41, 5.74) is 0. The number of hydrogen-bond donors (Lipinski definition) is 2. The molecule has 2 N–H and O–H groups in total. The number of carbonyl (C=O) groups excluding carboxylic acids is 2. The van der Waals surface area contributed by atoms with Gasteiger partial charge in [-0.25, -0.2) is 0 Å². The summed E-state index contributed by atoms with van der Waals surface area (Å²) < 4.78 is 8.70. The minimum absolute atomic E-state index is 0.194. The molecule has 0 aliphatic heterocycles. The van der Waals surface area contributed by atoms with Crippen LogP contribution >= 0.6 is 8.25 Å². The molecule has 10 heavy (non-hydrogen) atoms. The summed E-state index contributed by atoms with van der Waals surface area (Å²) in [6.45, 7) is 6.00. The third-order valence-electron chi connectivity index (χ3n) is 0.0556. The first-order valence-electron chi connectivity index (χ1n) is 1.89. The Morgan fingerprint density at radius 1 is 1.10 bits per heavy atom. The van der Waals surface area contributed by atoms with E-state index in [9.17, 15) is 0 Å². The van der Waals surface area contributed by atoms with Crippen LogP contribution < -0.4 is 0 Å². The van der Waals surface area contributed by atoms with E-state index in [1.165, 1.54) is 0 Å². The van der Waals surface area contributed by atoms with E-state index in [0.717, 1.165) is 0 Å².